The van der Waals surface area contributed by atoms with E-state index in [1.54, 1.807) is 41.8 Å². The van der Waals surface area contributed by atoms with Crippen LogP contribution < -0.4 is 10.6 Å². The summed E-state index contributed by atoms with van der Waals surface area (Å²) in [5.74, 6) is -3.30. The lowest BCUT2D eigenvalue weighted by Crippen LogP contribution is -2.45. The molecule has 188 valence electrons. The van der Waals surface area contributed by atoms with Gasteiger partial charge in [-0.25, -0.2) is 13.8 Å². The molecule has 2 heterocycles. The van der Waals surface area contributed by atoms with Gasteiger partial charge in [-0.2, -0.15) is 0 Å². The molecule has 1 fully saturated rings. The molecule has 0 spiro atoms. The summed E-state index contributed by atoms with van der Waals surface area (Å²) in [5.41, 5.74) is 1.99. The van der Waals surface area contributed by atoms with Gasteiger partial charge < -0.3 is 15.5 Å². The molecule has 0 atom stereocenters. The molecule has 36 heavy (non-hydrogen) atoms. The third-order valence-electron chi connectivity index (χ3n) is 6.02. The van der Waals surface area contributed by atoms with E-state index in [1.807, 2.05) is 4.90 Å². The van der Waals surface area contributed by atoms with Crippen molar-refractivity contribution in [3.8, 4) is 11.1 Å². The van der Waals surface area contributed by atoms with Crippen molar-refractivity contribution in [3.63, 3.8) is 0 Å². The molecule has 4 rings (SSSR count). The van der Waals surface area contributed by atoms with Gasteiger partial charge in [-0.05, 0) is 42.8 Å². The van der Waals surface area contributed by atoms with E-state index in [2.05, 4.69) is 15.6 Å². The number of halogens is 2. The zero-order valence-electron chi connectivity index (χ0n) is 19.9. The smallest absolute Gasteiger partial charge is 0.275 e. The van der Waals surface area contributed by atoms with E-state index in [0.29, 0.717) is 40.7 Å². The minimum absolute atomic E-state index is 0.0887. The molecular formula is C26H26F2N4O2S2. The number of benzene rings is 2. The molecule has 2 N–H and O–H groups in total. The number of carbonyl (C=O) groups is 2. The van der Waals surface area contributed by atoms with Gasteiger partial charge in [-0.15, -0.1) is 11.3 Å². The quantitative estimate of drug-likeness (QED) is 0.411. The van der Waals surface area contributed by atoms with Crippen LogP contribution in [0.4, 0.5) is 14.5 Å². The third kappa shape index (κ3) is 6.11. The summed E-state index contributed by atoms with van der Waals surface area (Å²) in [6.07, 6.45) is 1.63. The minimum Gasteiger partial charge on any atom is -0.349 e. The Morgan fingerprint density at radius 2 is 1.86 bits per heavy atom. The topological polar surface area (TPSA) is 74.3 Å². The number of nitrogens with zero attached hydrogens (tertiary/aromatic N) is 2. The number of piperidine rings is 1. The lowest BCUT2D eigenvalue weighted by molar-refractivity contribution is -0.117. The van der Waals surface area contributed by atoms with E-state index in [0.717, 1.165) is 24.8 Å². The Morgan fingerprint density at radius 1 is 1.14 bits per heavy atom. The number of alkyl halides is 2. The highest BCUT2D eigenvalue weighted by atomic mass is 32.1. The van der Waals surface area contributed by atoms with Gasteiger partial charge in [-0.1, -0.05) is 36.4 Å². The summed E-state index contributed by atoms with van der Waals surface area (Å²) < 4.78 is 27.7. The van der Waals surface area contributed by atoms with E-state index >= 15 is 0 Å². The first-order chi connectivity index (χ1) is 17.1. The largest absolute Gasteiger partial charge is 0.349 e. The van der Waals surface area contributed by atoms with E-state index in [9.17, 15) is 18.4 Å². The molecule has 1 aliphatic rings. The molecule has 3 aromatic rings. The maximum Gasteiger partial charge on any atom is 0.275 e. The van der Waals surface area contributed by atoms with Crippen molar-refractivity contribution in [2.45, 2.75) is 38.5 Å². The normalized spacial score (nSPS) is 14.4. The van der Waals surface area contributed by atoms with E-state index in [4.69, 9.17) is 12.2 Å². The highest BCUT2D eigenvalue weighted by molar-refractivity contribution is 7.80. The van der Waals surface area contributed by atoms with Crippen molar-refractivity contribution in [3.05, 3.63) is 70.2 Å². The number of hydrogen-bond acceptors (Lipinski definition) is 5. The zero-order valence-corrected chi connectivity index (χ0v) is 21.5. The minimum atomic E-state index is -2.96. The summed E-state index contributed by atoms with van der Waals surface area (Å²) in [7, 11) is 0. The Balaban J connectivity index is 1.44. The first-order valence-electron chi connectivity index (χ1n) is 11.5. The number of rotatable bonds is 5. The van der Waals surface area contributed by atoms with Crippen LogP contribution in [0.25, 0.3) is 11.1 Å². The predicted molar refractivity (Wildman–Crippen MR) is 141 cm³/mol. The van der Waals surface area contributed by atoms with Crippen LogP contribution in [-0.4, -0.2) is 39.9 Å². The molecule has 10 heteroatoms. The number of carbonyl (C=O) groups excluding carboxylic acids is 2. The van der Waals surface area contributed by atoms with Crippen molar-refractivity contribution in [1.82, 2.24) is 15.2 Å². The van der Waals surface area contributed by atoms with Crippen molar-refractivity contribution in [2.24, 2.45) is 0 Å². The first-order valence-corrected chi connectivity index (χ1v) is 12.8. The standard InChI is InChI=1S/C26H26F2N4O2S2/c1-16(33)29-25(35)32-12-10-17(11-13-32)24-31-22(15-36-24)23(34)30-21-9-4-3-8-20(21)18-6-5-7-19(14-18)26(2,27)28/h3-9,14-15,17H,10-13H2,1-2H3,(H,30,34)(H,29,33,35). The number of anilines is 1. The van der Waals surface area contributed by atoms with Crippen LogP contribution >= 0.6 is 23.6 Å². The van der Waals surface area contributed by atoms with Gasteiger partial charge in [0.05, 0.1) is 5.01 Å². The number of aromatic nitrogens is 1. The highest BCUT2D eigenvalue weighted by Gasteiger charge is 2.26. The molecule has 2 aromatic carbocycles. The van der Waals surface area contributed by atoms with Crippen LogP contribution in [0, 0.1) is 0 Å². The molecule has 0 saturated carbocycles. The summed E-state index contributed by atoms with van der Waals surface area (Å²) in [5, 5.41) is 8.60. The second-order valence-electron chi connectivity index (χ2n) is 8.79. The number of hydrogen-bond donors (Lipinski definition) is 2. The van der Waals surface area contributed by atoms with E-state index in [1.165, 1.54) is 30.4 Å². The number of nitrogens with one attached hydrogen (secondary N) is 2. The van der Waals surface area contributed by atoms with Crippen LogP contribution in [0.15, 0.2) is 53.9 Å². The van der Waals surface area contributed by atoms with Crippen LogP contribution in [0.3, 0.4) is 0 Å². The Bertz CT molecular complexity index is 1280. The van der Waals surface area contributed by atoms with Gasteiger partial charge >= 0.3 is 0 Å². The highest BCUT2D eigenvalue weighted by Crippen LogP contribution is 2.34. The van der Waals surface area contributed by atoms with Gasteiger partial charge in [-0.3, -0.25) is 9.59 Å². The molecule has 1 saturated heterocycles. The lowest BCUT2D eigenvalue weighted by Gasteiger charge is -2.32. The number of para-hydroxylation sites is 1. The van der Waals surface area contributed by atoms with Crippen molar-refractivity contribution >= 4 is 46.2 Å². The Labute approximate surface area is 217 Å². The molecule has 0 unspecified atom stereocenters. The fourth-order valence-electron chi connectivity index (χ4n) is 4.13. The molecular weight excluding hydrogens is 502 g/mol. The maximum atomic E-state index is 13.8. The average molecular weight is 529 g/mol. The summed E-state index contributed by atoms with van der Waals surface area (Å²) in [4.78, 5) is 30.8. The van der Waals surface area contributed by atoms with Crippen LogP contribution in [0.1, 0.15) is 53.7 Å². The monoisotopic (exact) mass is 528 g/mol. The molecule has 2 amide bonds. The Kier molecular flexibility index (Phi) is 7.75. The van der Waals surface area contributed by atoms with Gasteiger partial charge in [0.15, 0.2) is 5.11 Å². The molecule has 0 radical (unpaired) electrons. The Morgan fingerprint density at radius 3 is 2.56 bits per heavy atom. The van der Waals surface area contributed by atoms with Gasteiger partial charge in [0.1, 0.15) is 5.69 Å². The van der Waals surface area contributed by atoms with Crippen molar-refractivity contribution in [2.75, 3.05) is 18.4 Å². The average Bonchev–Trinajstić information content (AvgIpc) is 3.34. The predicted octanol–water partition coefficient (Wildman–Crippen LogP) is 5.77. The molecule has 1 aromatic heterocycles. The second-order valence-corrected chi connectivity index (χ2v) is 10.1. The fourth-order valence-corrected chi connectivity index (χ4v) is 5.43. The molecule has 0 aliphatic carbocycles. The van der Waals surface area contributed by atoms with Gasteiger partial charge in [0, 0.05) is 55.0 Å². The van der Waals surface area contributed by atoms with Gasteiger partial charge in [0.2, 0.25) is 5.91 Å². The van der Waals surface area contributed by atoms with Crippen molar-refractivity contribution < 1.29 is 18.4 Å². The van der Waals surface area contributed by atoms with E-state index < -0.39 is 5.92 Å². The number of thiocarbonyl (C=S) groups is 1. The second kappa shape index (κ2) is 10.8. The van der Waals surface area contributed by atoms with Crippen LogP contribution in [0.2, 0.25) is 0 Å². The SMILES string of the molecule is CC(=O)NC(=S)N1CCC(c2nc(C(=O)Nc3ccccc3-c3cccc(C(C)(F)F)c3)cs2)CC1. The first kappa shape index (κ1) is 25.8. The lowest BCUT2D eigenvalue weighted by atomic mass is 9.98. The van der Waals surface area contributed by atoms with E-state index in [-0.39, 0.29) is 23.3 Å². The molecule has 1 aliphatic heterocycles. The molecule has 6 nitrogen and oxygen atoms in total. The number of thiazole rings is 1. The molecule has 0 bridgehead atoms. The maximum absolute atomic E-state index is 13.8. The number of amides is 2. The van der Waals surface area contributed by atoms with Crippen LogP contribution in [-0.2, 0) is 10.7 Å². The third-order valence-corrected chi connectivity index (χ3v) is 7.39. The van der Waals surface area contributed by atoms with Crippen molar-refractivity contribution in [1.29, 1.82) is 0 Å². The summed E-state index contributed by atoms with van der Waals surface area (Å²) in [6, 6.07) is 13.3. The summed E-state index contributed by atoms with van der Waals surface area (Å²) >= 11 is 6.71. The summed E-state index contributed by atoms with van der Waals surface area (Å²) in [6.45, 7) is 3.70. The fraction of sp³-hybridized carbons (Fsp3) is 0.308. The zero-order chi connectivity index (χ0) is 25.9. The Hall–Kier alpha value is -3.24. The number of likely N-dealkylation sites (tertiary alicyclic amines) is 1. The van der Waals surface area contributed by atoms with Crippen LogP contribution in [0.5, 0.6) is 0 Å². The van der Waals surface area contributed by atoms with Gasteiger partial charge in [0.25, 0.3) is 11.8 Å².